The number of aliphatic hydroxyl groups excluding tert-OH is 1. The highest BCUT2D eigenvalue weighted by atomic mass is 79.9. The number of hydrogen-bond donors (Lipinski definition) is 1. The molecular formula is C8H13BrN2O. The number of hydrogen-bond acceptors (Lipinski definition) is 3. The fourth-order valence-corrected chi connectivity index (χ4v) is 0.961. The van der Waals surface area contributed by atoms with Crippen LogP contribution in [0.25, 0.3) is 0 Å². The Morgan fingerprint density at radius 1 is 1.50 bits per heavy atom. The lowest BCUT2D eigenvalue weighted by Gasteiger charge is -1.97. The maximum Gasteiger partial charge on any atom is 0.127 e. The van der Waals surface area contributed by atoms with Crippen LogP contribution in [0, 0.1) is 6.92 Å². The van der Waals surface area contributed by atoms with Gasteiger partial charge in [-0.2, -0.15) is 0 Å². The summed E-state index contributed by atoms with van der Waals surface area (Å²) in [7, 11) is 1.00. The van der Waals surface area contributed by atoms with Crippen molar-refractivity contribution in [3.63, 3.8) is 0 Å². The fourth-order valence-electron chi connectivity index (χ4n) is 0.631. The predicted molar refractivity (Wildman–Crippen MR) is 52.0 cm³/mol. The van der Waals surface area contributed by atoms with Gasteiger partial charge in [-0.05, 0) is 29.3 Å². The van der Waals surface area contributed by atoms with Crippen LogP contribution in [0.15, 0.2) is 10.8 Å². The number of aliphatic hydroxyl groups is 1. The zero-order valence-corrected chi connectivity index (χ0v) is 9.09. The normalized spacial score (nSPS) is 8.75. The minimum Gasteiger partial charge on any atom is -0.400 e. The molecule has 1 aromatic rings. The molecule has 0 saturated carbocycles. The highest BCUT2D eigenvalue weighted by Crippen LogP contribution is 2.09. The van der Waals surface area contributed by atoms with Gasteiger partial charge < -0.3 is 5.11 Å². The lowest BCUT2D eigenvalue weighted by molar-refractivity contribution is 0.399. The first kappa shape index (κ1) is 11.5. The van der Waals surface area contributed by atoms with Gasteiger partial charge in [0.1, 0.15) is 4.60 Å². The third-order valence-electron chi connectivity index (χ3n) is 1.31. The van der Waals surface area contributed by atoms with Crippen LogP contribution in [0.3, 0.4) is 0 Å². The van der Waals surface area contributed by atoms with Gasteiger partial charge in [0.25, 0.3) is 0 Å². The summed E-state index contributed by atoms with van der Waals surface area (Å²) in [4.78, 5) is 8.39. The average molecular weight is 233 g/mol. The van der Waals surface area contributed by atoms with Crippen molar-refractivity contribution in [2.45, 2.75) is 20.3 Å². The molecule has 1 aromatic heterocycles. The molecule has 0 aliphatic carbocycles. The van der Waals surface area contributed by atoms with Crippen molar-refractivity contribution in [3.8, 4) is 0 Å². The van der Waals surface area contributed by atoms with Crippen LogP contribution >= 0.6 is 15.9 Å². The molecule has 0 aromatic carbocycles. The van der Waals surface area contributed by atoms with Crippen LogP contribution in [0.2, 0.25) is 0 Å². The quantitative estimate of drug-likeness (QED) is 0.803. The zero-order chi connectivity index (χ0) is 9.56. The maximum atomic E-state index is 7.00. The third kappa shape index (κ3) is 3.28. The van der Waals surface area contributed by atoms with Crippen molar-refractivity contribution in [2.75, 3.05) is 7.11 Å². The molecule has 0 radical (unpaired) electrons. The lowest BCUT2D eigenvalue weighted by Crippen LogP contribution is -1.92. The SMILES string of the molecule is CCc1cnc(C)c(Br)n1.CO. The summed E-state index contributed by atoms with van der Waals surface area (Å²) in [5.74, 6) is 0. The summed E-state index contributed by atoms with van der Waals surface area (Å²) in [6.45, 7) is 3.99. The van der Waals surface area contributed by atoms with Crippen LogP contribution in [0.1, 0.15) is 18.3 Å². The van der Waals surface area contributed by atoms with Crippen LogP contribution in [0.4, 0.5) is 0 Å². The smallest absolute Gasteiger partial charge is 0.127 e. The van der Waals surface area contributed by atoms with Gasteiger partial charge in [0.2, 0.25) is 0 Å². The van der Waals surface area contributed by atoms with E-state index in [0.29, 0.717) is 0 Å². The Bertz CT molecular complexity index is 240. The number of nitrogens with zero attached hydrogens (tertiary/aromatic N) is 2. The van der Waals surface area contributed by atoms with Crippen LogP contribution in [0.5, 0.6) is 0 Å². The van der Waals surface area contributed by atoms with E-state index in [1.807, 2.05) is 6.92 Å². The Balaban J connectivity index is 0.000000561. The molecule has 0 fully saturated rings. The summed E-state index contributed by atoms with van der Waals surface area (Å²) in [6, 6.07) is 0. The van der Waals surface area contributed by atoms with Gasteiger partial charge in [-0.15, -0.1) is 0 Å². The van der Waals surface area contributed by atoms with Gasteiger partial charge >= 0.3 is 0 Å². The van der Waals surface area contributed by atoms with Crippen molar-refractivity contribution >= 4 is 15.9 Å². The first-order chi connectivity index (χ1) is 5.74. The Hall–Kier alpha value is -0.480. The lowest BCUT2D eigenvalue weighted by atomic mass is 10.3. The molecule has 0 amide bonds. The van der Waals surface area contributed by atoms with Crippen LogP contribution in [-0.4, -0.2) is 22.2 Å². The second-order valence-electron chi connectivity index (χ2n) is 2.09. The molecule has 0 saturated heterocycles. The van der Waals surface area contributed by atoms with Crippen molar-refractivity contribution in [1.82, 2.24) is 9.97 Å². The summed E-state index contributed by atoms with van der Waals surface area (Å²) in [5, 5.41) is 7.00. The van der Waals surface area contributed by atoms with Gasteiger partial charge in [-0.25, -0.2) is 4.98 Å². The molecule has 0 atom stereocenters. The Kier molecular flexibility index (Phi) is 5.84. The van der Waals surface area contributed by atoms with E-state index in [1.165, 1.54) is 0 Å². The average Bonchev–Trinajstić information content (AvgIpc) is 2.13. The summed E-state index contributed by atoms with van der Waals surface area (Å²) >= 11 is 3.31. The summed E-state index contributed by atoms with van der Waals surface area (Å²) in [5.41, 5.74) is 1.97. The largest absolute Gasteiger partial charge is 0.400 e. The highest BCUT2D eigenvalue weighted by molar-refractivity contribution is 9.10. The van der Waals surface area contributed by atoms with Crippen LogP contribution < -0.4 is 0 Å². The first-order valence-electron chi connectivity index (χ1n) is 3.66. The standard InChI is InChI=1S/C7H9BrN2.CH4O/c1-3-6-4-9-5(2)7(8)10-6;1-2/h4H,3H2,1-2H3;2H,1H3. The van der Waals surface area contributed by atoms with Crippen LogP contribution in [-0.2, 0) is 6.42 Å². The Morgan fingerprint density at radius 3 is 2.50 bits per heavy atom. The van der Waals surface area contributed by atoms with E-state index >= 15 is 0 Å². The summed E-state index contributed by atoms with van der Waals surface area (Å²) < 4.78 is 0.854. The highest BCUT2D eigenvalue weighted by Gasteiger charge is 1.96. The molecule has 0 unspecified atom stereocenters. The van der Waals surface area contributed by atoms with E-state index in [-0.39, 0.29) is 0 Å². The second-order valence-corrected chi connectivity index (χ2v) is 2.84. The molecule has 1 N–H and O–H groups in total. The summed E-state index contributed by atoms with van der Waals surface area (Å²) in [6.07, 6.45) is 2.74. The number of aryl methyl sites for hydroxylation is 2. The molecule has 1 heterocycles. The number of halogens is 1. The Labute approximate surface area is 81.0 Å². The molecule has 12 heavy (non-hydrogen) atoms. The molecule has 1 rings (SSSR count). The minimum absolute atomic E-state index is 0.854. The molecule has 0 spiro atoms. The molecular weight excluding hydrogens is 220 g/mol. The molecule has 0 aliphatic heterocycles. The van der Waals surface area contributed by atoms with Crippen molar-refractivity contribution in [3.05, 3.63) is 22.2 Å². The molecule has 4 heteroatoms. The van der Waals surface area contributed by atoms with Crippen molar-refractivity contribution in [2.24, 2.45) is 0 Å². The second kappa shape index (κ2) is 6.08. The molecule has 3 nitrogen and oxygen atoms in total. The van der Waals surface area contributed by atoms with Crippen molar-refractivity contribution < 1.29 is 5.11 Å². The van der Waals surface area contributed by atoms with E-state index in [4.69, 9.17) is 5.11 Å². The van der Waals surface area contributed by atoms with E-state index in [1.54, 1.807) is 6.20 Å². The van der Waals surface area contributed by atoms with Gasteiger partial charge in [-0.1, -0.05) is 6.92 Å². The zero-order valence-electron chi connectivity index (χ0n) is 7.50. The topological polar surface area (TPSA) is 46.0 Å². The van der Waals surface area contributed by atoms with E-state index < -0.39 is 0 Å². The maximum absolute atomic E-state index is 7.00. The predicted octanol–water partition coefficient (Wildman–Crippen LogP) is 1.72. The van der Waals surface area contributed by atoms with Crippen molar-refractivity contribution in [1.29, 1.82) is 0 Å². The number of rotatable bonds is 1. The van der Waals surface area contributed by atoms with E-state index in [2.05, 4.69) is 32.8 Å². The monoisotopic (exact) mass is 232 g/mol. The first-order valence-corrected chi connectivity index (χ1v) is 4.46. The molecule has 68 valence electrons. The minimum atomic E-state index is 0.854. The third-order valence-corrected chi connectivity index (χ3v) is 2.06. The van der Waals surface area contributed by atoms with E-state index in [0.717, 1.165) is 29.5 Å². The van der Waals surface area contributed by atoms with Gasteiger partial charge in [0, 0.05) is 13.3 Å². The molecule has 0 aliphatic rings. The van der Waals surface area contributed by atoms with E-state index in [9.17, 15) is 0 Å². The fraction of sp³-hybridized carbons (Fsp3) is 0.500. The van der Waals surface area contributed by atoms with Gasteiger partial charge in [-0.3, -0.25) is 4.98 Å². The van der Waals surface area contributed by atoms with Gasteiger partial charge in [0.15, 0.2) is 0 Å². The number of aromatic nitrogens is 2. The van der Waals surface area contributed by atoms with Gasteiger partial charge in [0.05, 0.1) is 11.4 Å². The molecule has 0 bridgehead atoms. The Morgan fingerprint density at radius 2 is 2.08 bits per heavy atom.